The zero-order valence-corrected chi connectivity index (χ0v) is 23.3. The second kappa shape index (κ2) is 9.20. The van der Waals surface area contributed by atoms with Gasteiger partial charge in [-0.25, -0.2) is 0 Å². The van der Waals surface area contributed by atoms with E-state index in [-0.39, 0.29) is 0 Å². The van der Waals surface area contributed by atoms with Gasteiger partial charge in [0.25, 0.3) is 0 Å². The number of benzene rings is 3. The summed E-state index contributed by atoms with van der Waals surface area (Å²) in [5.41, 5.74) is 15.3. The van der Waals surface area contributed by atoms with E-state index in [1.165, 1.54) is 72.5 Å². The van der Waals surface area contributed by atoms with Gasteiger partial charge in [0.2, 0.25) is 17.1 Å². The Hall–Kier alpha value is -4.24. The van der Waals surface area contributed by atoms with Crippen molar-refractivity contribution in [3.8, 4) is 22.5 Å². The van der Waals surface area contributed by atoms with Crippen LogP contribution in [0.4, 0.5) is 5.69 Å². The van der Waals surface area contributed by atoms with Crippen LogP contribution in [0, 0.1) is 13.8 Å². The Morgan fingerprint density at radius 2 is 1.46 bits per heavy atom. The van der Waals surface area contributed by atoms with Crippen LogP contribution >= 0.6 is 0 Å². The Morgan fingerprint density at radius 3 is 2.26 bits per heavy atom. The first-order chi connectivity index (χ1) is 19.0. The van der Waals surface area contributed by atoms with Crippen LogP contribution in [-0.2, 0) is 25.9 Å². The average Bonchev–Trinajstić information content (AvgIpc) is 2.97. The standard InChI is InChI=1S/C36H35N3/c1-24-25(2)31-19-22-38-21-18-27-8-5-6-10-32(27)36(38)35(31)34-30(24)20-23-39-29(9-7-11-33(34)39)17-14-26-12-15-28(16-13-26)37(3)4/h5-18,21H,19-20,22-23H2,1-4H3/q+2. The summed E-state index contributed by atoms with van der Waals surface area (Å²) in [7, 11) is 4.16. The lowest BCUT2D eigenvalue weighted by atomic mass is 9.79. The molecule has 39 heavy (non-hydrogen) atoms. The van der Waals surface area contributed by atoms with E-state index in [1.54, 1.807) is 0 Å². The fraction of sp³-hybridized carbons (Fsp3) is 0.222. The minimum Gasteiger partial charge on any atom is -0.378 e. The summed E-state index contributed by atoms with van der Waals surface area (Å²) in [5.74, 6) is 0. The van der Waals surface area contributed by atoms with E-state index in [0.717, 1.165) is 25.9 Å². The number of fused-ring (bicyclic) bond motifs is 9. The van der Waals surface area contributed by atoms with Gasteiger partial charge in [-0.3, -0.25) is 0 Å². The molecule has 3 heteroatoms. The van der Waals surface area contributed by atoms with Gasteiger partial charge in [-0.05, 0) is 77.4 Å². The van der Waals surface area contributed by atoms with Crippen molar-refractivity contribution in [1.29, 1.82) is 0 Å². The molecule has 3 nitrogen and oxygen atoms in total. The molecule has 0 amide bonds. The van der Waals surface area contributed by atoms with Crippen molar-refractivity contribution < 1.29 is 9.13 Å². The van der Waals surface area contributed by atoms with Crippen LogP contribution < -0.4 is 14.0 Å². The molecule has 0 unspecified atom stereocenters. The fourth-order valence-electron chi connectivity index (χ4n) is 6.71. The highest BCUT2D eigenvalue weighted by atomic mass is 15.1. The van der Waals surface area contributed by atoms with E-state index >= 15 is 0 Å². The van der Waals surface area contributed by atoms with Crippen molar-refractivity contribution >= 4 is 28.6 Å². The van der Waals surface area contributed by atoms with E-state index in [4.69, 9.17) is 0 Å². The molecule has 0 atom stereocenters. The van der Waals surface area contributed by atoms with Crippen molar-refractivity contribution in [2.45, 2.75) is 39.8 Å². The molecule has 0 fully saturated rings. The summed E-state index contributed by atoms with van der Waals surface area (Å²) in [5, 5.41) is 2.66. The second-order valence-electron chi connectivity index (χ2n) is 11.2. The van der Waals surface area contributed by atoms with Crippen LogP contribution in [0.5, 0.6) is 0 Å². The Balaban J connectivity index is 1.43. The molecule has 7 rings (SSSR count). The highest BCUT2D eigenvalue weighted by Gasteiger charge is 2.37. The van der Waals surface area contributed by atoms with Crippen LogP contribution in [0.25, 0.3) is 45.4 Å². The molecular weight excluding hydrogens is 474 g/mol. The summed E-state index contributed by atoms with van der Waals surface area (Å²) < 4.78 is 5.02. The highest BCUT2D eigenvalue weighted by Crippen LogP contribution is 2.44. The Labute approximate surface area is 231 Å². The van der Waals surface area contributed by atoms with Gasteiger partial charge in [0.1, 0.15) is 0 Å². The van der Waals surface area contributed by atoms with Gasteiger partial charge in [0, 0.05) is 56.9 Å². The summed E-state index contributed by atoms with van der Waals surface area (Å²) in [4.78, 5) is 2.14. The number of pyridine rings is 2. The lowest BCUT2D eigenvalue weighted by Crippen LogP contribution is -2.45. The molecule has 0 spiro atoms. The molecule has 4 heterocycles. The van der Waals surface area contributed by atoms with Crippen molar-refractivity contribution in [1.82, 2.24) is 0 Å². The molecule has 192 valence electrons. The third-order valence-corrected chi connectivity index (χ3v) is 8.92. The molecule has 5 aromatic rings. The number of hydrogen-bond donors (Lipinski definition) is 0. The minimum atomic E-state index is 0.997. The van der Waals surface area contributed by atoms with Crippen LogP contribution in [0.15, 0.2) is 79.0 Å². The smallest absolute Gasteiger partial charge is 0.221 e. The molecule has 0 saturated heterocycles. The van der Waals surface area contributed by atoms with Gasteiger partial charge in [0.15, 0.2) is 19.3 Å². The number of aryl methyl sites for hydroxylation is 1. The zero-order chi connectivity index (χ0) is 26.7. The minimum absolute atomic E-state index is 0.997. The van der Waals surface area contributed by atoms with Crippen LogP contribution in [-0.4, -0.2) is 14.1 Å². The molecule has 0 radical (unpaired) electrons. The average molecular weight is 510 g/mol. The lowest BCUT2D eigenvalue weighted by Gasteiger charge is -2.27. The monoisotopic (exact) mass is 509 g/mol. The van der Waals surface area contributed by atoms with E-state index in [1.807, 2.05) is 0 Å². The van der Waals surface area contributed by atoms with E-state index < -0.39 is 0 Å². The Kier molecular flexibility index (Phi) is 5.62. The van der Waals surface area contributed by atoms with Crippen molar-refractivity contribution in [3.05, 3.63) is 113 Å². The second-order valence-corrected chi connectivity index (χ2v) is 11.2. The van der Waals surface area contributed by atoms with Crippen LogP contribution in [0.1, 0.15) is 33.5 Å². The maximum Gasteiger partial charge on any atom is 0.221 e. The first-order valence-electron chi connectivity index (χ1n) is 14.1. The first kappa shape index (κ1) is 23.8. The highest BCUT2D eigenvalue weighted by molar-refractivity contribution is 5.99. The topological polar surface area (TPSA) is 11.0 Å². The molecule has 2 aliphatic heterocycles. The Bertz CT molecular complexity index is 1790. The van der Waals surface area contributed by atoms with Crippen molar-refractivity contribution in [2.24, 2.45) is 0 Å². The van der Waals surface area contributed by atoms with Crippen molar-refractivity contribution in [2.75, 3.05) is 19.0 Å². The van der Waals surface area contributed by atoms with Gasteiger partial charge in [-0.2, -0.15) is 9.13 Å². The largest absolute Gasteiger partial charge is 0.378 e. The number of hydrogen-bond acceptors (Lipinski definition) is 1. The van der Waals surface area contributed by atoms with Crippen LogP contribution in [0.3, 0.4) is 0 Å². The maximum atomic E-state index is 2.53. The normalized spacial score (nSPS) is 13.6. The third-order valence-electron chi connectivity index (χ3n) is 8.92. The van der Waals surface area contributed by atoms with Gasteiger partial charge in [0.05, 0.1) is 16.5 Å². The van der Waals surface area contributed by atoms with Gasteiger partial charge in [-0.1, -0.05) is 30.3 Å². The van der Waals surface area contributed by atoms with E-state index in [2.05, 4.69) is 133 Å². The molecule has 2 aliphatic rings. The maximum absolute atomic E-state index is 2.53. The SMILES string of the molecule is Cc1c(C)c2c(c3c1CC[n+]1ccc4ccccc4c1-3)-c1cccc(/C=C/c3ccc(N(C)C)cc3)[n+]1CC2. The predicted molar refractivity (Wildman–Crippen MR) is 162 cm³/mol. The van der Waals surface area contributed by atoms with Crippen LogP contribution in [0.2, 0.25) is 0 Å². The first-order valence-corrected chi connectivity index (χ1v) is 14.1. The molecule has 2 aromatic heterocycles. The van der Waals surface area contributed by atoms with Gasteiger partial charge in [-0.15, -0.1) is 0 Å². The fourth-order valence-corrected chi connectivity index (χ4v) is 6.71. The molecule has 0 N–H and O–H groups in total. The third kappa shape index (κ3) is 3.79. The Morgan fingerprint density at radius 1 is 0.718 bits per heavy atom. The molecular formula is C36H35N3+2. The van der Waals surface area contributed by atoms with Gasteiger partial charge < -0.3 is 4.90 Å². The predicted octanol–water partition coefficient (Wildman–Crippen LogP) is 6.71. The van der Waals surface area contributed by atoms with Gasteiger partial charge >= 0.3 is 0 Å². The molecule has 0 bridgehead atoms. The number of rotatable bonds is 3. The van der Waals surface area contributed by atoms with E-state index in [9.17, 15) is 0 Å². The molecule has 0 saturated carbocycles. The van der Waals surface area contributed by atoms with Crippen molar-refractivity contribution in [3.63, 3.8) is 0 Å². The summed E-state index contributed by atoms with van der Waals surface area (Å²) in [6, 6.07) is 26.7. The number of anilines is 1. The number of nitrogens with zero attached hydrogens (tertiary/aromatic N) is 3. The summed E-state index contributed by atoms with van der Waals surface area (Å²) >= 11 is 0. The summed E-state index contributed by atoms with van der Waals surface area (Å²) in [6.45, 7) is 6.72. The summed E-state index contributed by atoms with van der Waals surface area (Å²) in [6.07, 6.45) is 8.95. The molecule has 3 aromatic carbocycles. The zero-order valence-electron chi connectivity index (χ0n) is 23.3. The number of aromatic nitrogens is 2. The lowest BCUT2D eigenvalue weighted by molar-refractivity contribution is -0.690. The molecule has 0 aliphatic carbocycles. The van der Waals surface area contributed by atoms with E-state index in [0.29, 0.717) is 0 Å². The quantitative estimate of drug-likeness (QED) is 0.246.